The summed E-state index contributed by atoms with van der Waals surface area (Å²) in [5.41, 5.74) is 2.86. The molecule has 1 atom stereocenters. The predicted molar refractivity (Wildman–Crippen MR) is 107 cm³/mol. The Kier molecular flexibility index (Phi) is 7.11. The van der Waals surface area contributed by atoms with Crippen LogP contribution < -0.4 is 5.32 Å². The van der Waals surface area contributed by atoms with Gasteiger partial charge in [0.1, 0.15) is 12.3 Å². The van der Waals surface area contributed by atoms with Gasteiger partial charge in [-0.2, -0.15) is 11.8 Å². The molecule has 1 aliphatic rings. The first-order valence-corrected chi connectivity index (χ1v) is 10.6. The summed E-state index contributed by atoms with van der Waals surface area (Å²) < 4.78 is 10.3. The van der Waals surface area contributed by atoms with Crippen molar-refractivity contribution >= 4 is 23.6 Å². The maximum Gasteiger partial charge on any atom is 0.328 e. The van der Waals surface area contributed by atoms with Crippen LogP contribution in [0.25, 0.3) is 0 Å². The van der Waals surface area contributed by atoms with Gasteiger partial charge in [-0.1, -0.05) is 24.3 Å². The molecule has 1 amide bonds. The fourth-order valence-corrected chi connectivity index (χ4v) is 3.70. The lowest BCUT2D eigenvalue weighted by Gasteiger charge is -2.27. The summed E-state index contributed by atoms with van der Waals surface area (Å²) in [5, 5.41) is 2.69. The predicted octanol–water partition coefficient (Wildman–Crippen LogP) is 2.26. The molecule has 8 heteroatoms. The SMILES string of the molecule is COC(=O)C(CCSC)NC(=O)c1coc(CN2CCc3ccccc3C2)n1. The lowest BCUT2D eigenvalue weighted by Crippen LogP contribution is -2.42. The van der Waals surface area contributed by atoms with Crippen molar-refractivity contribution in [1.29, 1.82) is 0 Å². The Morgan fingerprint density at radius 3 is 2.89 bits per heavy atom. The van der Waals surface area contributed by atoms with E-state index in [1.54, 1.807) is 11.8 Å². The molecule has 0 saturated heterocycles. The van der Waals surface area contributed by atoms with Gasteiger partial charge >= 0.3 is 5.97 Å². The van der Waals surface area contributed by atoms with Gasteiger partial charge in [0.2, 0.25) is 5.89 Å². The van der Waals surface area contributed by atoms with Crippen molar-refractivity contribution < 1.29 is 18.7 Å². The van der Waals surface area contributed by atoms with Crippen LogP contribution in [0.1, 0.15) is 33.9 Å². The molecule has 150 valence electrons. The third-order valence-corrected chi connectivity index (χ3v) is 5.40. The molecule has 1 N–H and O–H groups in total. The van der Waals surface area contributed by atoms with Crippen molar-refractivity contribution in [2.45, 2.75) is 32.0 Å². The van der Waals surface area contributed by atoms with Crippen LogP contribution in [0.2, 0.25) is 0 Å². The van der Waals surface area contributed by atoms with E-state index in [1.807, 2.05) is 12.3 Å². The molecule has 1 aromatic carbocycles. The highest BCUT2D eigenvalue weighted by molar-refractivity contribution is 7.98. The van der Waals surface area contributed by atoms with E-state index in [0.29, 0.717) is 18.9 Å². The van der Waals surface area contributed by atoms with E-state index in [2.05, 4.69) is 33.4 Å². The van der Waals surface area contributed by atoms with E-state index in [1.165, 1.54) is 24.5 Å². The van der Waals surface area contributed by atoms with Gasteiger partial charge in [0.25, 0.3) is 5.91 Å². The van der Waals surface area contributed by atoms with Crippen molar-refractivity contribution in [3.63, 3.8) is 0 Å². The number of methoxy groups -OCH3 is 1. The summed E-state index contributed by atoms with van der Waals surface area (Å²) >= 11 is 1.60. The molecule has 3 rings (SSSR count). The van der Waals surface area contributed by atoms with E-state index in [0.717, 1.165) is 25.3 Å². The molecule has 1 aliphatic heterocycles. The van der Waals surface area contributed by atoms with Gasteiger partial charge in [-0.05, 0) is 36.0 Å². The maximum absolute atomic E-state index is 12.4. The third kappa shape index (κ3) is 5.14. The van der Waals surface area contributed by atoms with E-state index in [4.69, 9.17) is 9.15 Å². The molecule has 0 saturated carbocycles. The molecular weight excluding hydrogens is 378 g/mol. The van der Waals surface area contributed by atoms with Gasteiger partial charge in [-0.15, -0.1) is 0 Å². The molecule has 2 aromatic rings. The highest BCUT2D eigenvalue weighted by Gasteiger charge is 2.24. The number of fused-ring (bicyclic) bond motifs is 1. The summed E-state index contributed by atoms with van der Waals surface area (Å²) in [4.78, 5) is 30.8. The minimum absolute atomic E-state index is 0.172. The summed E-state index contributed by atoms with van der Waals surface area (Å²) in [6.07, 6.45) is 4.77. The molecule has 7 nitrogen and oxygen atoms in total. The average molecular weight is 404 g/mol. The van der Waals surface area contributed by atoms with Crippen LogP contribution in [0.15, 0.2) is 34.9 Å². The van der Waals surface area contributed by atoms with Crippen LogP contribution >= 0.6 is 11.8 Å². The minimum atomic E-state index is -0.691. The number of hydrogen-bond donors (Lipinski definition) is 1. The van der Waals surface area contributed by atoms with Gasteiger partial charge in [-0.3, -0.25) is 9.69 Å². The quantitative estimate of drug-likeness (QED) is 0.677. The Morgan fingerprint density at radius 2 is 2.14 bits per heavy atom. The Labute approximate surface area is 168 Å². The maximum atomic E-state index is 12.4. The number of carbonyl (C=O) groups excluding carboxylic acids is 2. The number of benzene rings is 1. The second kappa shape index (κ2) is 9.75. The number of ether oxygens (including phenoxy) is 1. The van der Waals surface area contributed by atoms with Crippen LogP contribution in [0.4, 0.5) is 0 Å². The van der Waals surface area contributed by atoms with E-state index >= 15 is 0 Å². The van der Waals surface area contributed by atoms with Crippen molar-refractivity contribution in [2.24, 2.45) is 0 Å². The van der Waals surface area contributed by atoms with Crippen molar-refractivity contribution in [3.05, 3.63) is 53.2 Å². The van der Waals surface area contributed by atoms with Crippen LogP contribution in [0.3, 0.4) is 0 Å². The molecule has 0 spiro atoms. The highest BCUT2D eigenvalue weighted by Crippen LogP contribution is 2.20. The zero-order chi connectivity index (χ0) is 19.9. The van der Waals surface area contributed by atoms with Crippen LogP contribution in [-0.2, 0) is 29.0 Å². The number of amides is 1. The van der Waals surface area contributed by atoms with Gasteiger partial charge < -0.3 is 14.5 Å². The average Bonchev–Trinajstić information content (AvgIpc) is 3.19. The first-order chi connectivity index (χ1) is 13.6. The van der Waals surface area contributed by atoms with E-state index in [-0.39, 0.29) is 5.69 Å². The Bertz CT molecular complexity index is 823. The van der Waals surface area contributed by atoms with Crippen molar-refractivity contribution in [2.75, 3.05) is 25.7 Å². The molecule has 0 radical (unpaired) electrons. The van der Waals surface area contributed by atoms with E-state index < -0.39 is 17.9 Å². The standard InChI is InChI=1S/C20H25N3O4S/c1-26-20(25)16(8-10-28-2)22-19(24)17-13-27-18(21-17)12-23-9-7-14-5-3-4-6-15(14)11-23/h3-6,13,16H,7-12H2,1-2H3,(H,22,24). The number of carbonyl (C=O) groups is 2. The molecule has 1 unspecified atom stereocenters. The summed E-state index contributed by atoms with van der Waals surface area (Å²) in [7, 11) is 1.31. The second-order valence-corrected chi connectivity index (χ2v) is 7.67. The molecule has 0 bridgehead atoms. The first kappa shape index (κ1) is 20.4. The first-order valence-electron chi connectivity index (χ1n) is 9.22. The van der Waals surface area contributed by atoms with E-state index in [9.17, 15) is 9.59 Å². The van der Waals surface area contributed by atoms with Gasteiger partial charge in [-0.25, -0.2) is 9.78 Å². The normalized spacial score (nSPS) is 14.9. The number of hydrogen-bond acceptors (Lipinski definition) is 7. The van der Waals surface area contributed by atoms with Gasteiger partial charge in [0.15, 0.2) is 5.69 Å². The summed E-state index contributed by atoms with van der Waals surface area (Å²) in [5.74, 6) is 0.331. The molecule has 28 heavy (non-hydrogen) atoms. The lowest BCUT2D eigenvalue weighted by atomic mass is 10.00. The summed E-state index contributed by atoms with van der Waals surface area (Å²) in [6.45, 7) is 2.29. The number of nitrogens with one attached hydrogen (secondary N) is 1. The van der Waals surface area contributed by atoms with Gasteiger partial charge in [0.05, 0.1) is 13.7 Å². The monoisotopic (exact) mass is 403 g/mol. The number of aromatic nitrogens is 1. The van der Waals surface area contributed by atoms with Gasteiger partial charge in [0, 0.05) is 13.1 Å². The fraction of sp³-hybridized carbons (Fsp3) is 0.450. The second-order valence-electron chi connectivity index (χ2n) is 6.69. The molecule has 1 aromatic heterocycles. The smallest absolute Gasteiger partial charge is 0.328 e. The van der Waals surface area contributed by atoms with Crippen LogP contribution in [0.5, 0.6) is 0 Å². The number of esters is 1. The number of nitrogens with zero attached hydrogens (tertiary/aromatic N) is 2. The number of oxazole rings is 1. The topological polar surface area (TPSA) is 84.7 Å². The molecule has 0 aliphatic carbocycles. The van der Waals surface area contributed by atoms with Crippen molar-refractivity contribution in [1.82, 2.24) is 15.2 Å². The Hall–Kier alpha value is -2.32. The highest BCUT2D eigenvalue weighted by atomic mass is 32.2. The number of rotatable bonds is 8. The Balaban J connectivity index is 1.58. The zero-order valence-electron chi connectivity index (χ0n) is 16.1. The fourth-order valence-electron chi connectivity index (χ4n) is 3.23. The largest absolute Gasteiger partial charge is 0.467 e. The molecule has 2 heterocycles. The number of thioether (sulfide) groups is 1. The third-order valence-electron chi connectivity index (χ3n) is 4.75. The molecule has 0 fully saturated rings. The lowest BCUT2D eigenvalue weighted by molar-refractivity contribution is -0.142. The Morgan fingerprint density at radius 1 is 1.36 bits per heavy atom. The van der Waals surface area contributed by atoms with Crippen LogP contribution in [-0.4, -0.2) is 53.5 Å². The molecular formula is C20H25N3O4S. The van der Waals surface area contributed by atoms with Crippen molar-refractivity contribution in [3.8, 4) is 0 Å². The van der Waals surface area contributed by atoms with Crippen LogP contribution in [0, 0.1) is 0 Å². The minimum Gasteiger partial charge on any atom is -0.467 e. The summed E-state index contributed by atoms with van der Waals surface area (Å²) in [6, 6.07) is 7.72. The zero-order valence-corrected chi connectivity index (χ0v) is 17.0.